The predicted octanol–water partition coefficient (Wildman–Crippen LogP) is 6.42. The lowest BCUT2D eigenvalue weighted by Crippen LogP contribution is -2.53. The molecule has 224 valence electrons. The highest BCUT2D eigenvalue weighted by atomic mass is 35.5. The molecule has 3 aromatic rings. The number of nitrogens with zero attached hydrogens (tertiary/aromatic N) is 2. The number of carbonyl (C=O) groups is 2. The van der Waals surface area contributed by atoms with Gasteiger partial charge in [-0.2, -0.15) is 0 Å². The first-order chi connectivity index (χ1) is 20.0. The second-order valence-electron chi connectivity index (χ2n) is 10.4. The molecular weight excluding hydrogens is 597 g/mol. The minimum Gasteiger partial charge on any atom is -0.457 e. The summed E-state index contributed by atoms with van der Waals surface area (Å²) in [5, 5.41) is 3.77. The van der Waals surface area contributed by atoms with Gasteiger partial charge in [0.2, 0.25) is 21.8 Å². The van der Waals surface area contributed by atoms with Crippen molar-refractivity contribution >= 4 is 50.7 Å². The Morgan fingerprint density at radius 1 is 0.952 bits per heavy atom. The number of amides is 2. The fourth-order valence-electron chi connectivity index (χ4n) is 5.04. The number of anilines is 1. The van der Waals surface area contributed by atoms with Crippen LogP contribution in [-0.4, -0.2) is 50.0 Å². The van der Waals surface area contributed by atoms with E-state index in [1.54, 1.807) is 42.5 Å². The SMILES string of the molecule is CCC(C(=O)NC1CCCC1)N(Cc1ccc(Cl)c(Cl)c1)C(=O)CN(c1ccc(Oc2ccccc2)cc1)S(C)(=O)=O. The van der Waals surface area contributed by atoms with Gasteiger partial charge in [-0.15, -0.1) is 0 Å². The number of para-hydroxylation sites is 1. The van der Waals surface area contributed by atoms with Crippen LogP contribution in [0.1, 0.15) is 44.6 Å². The van der Waals surface area contributed by atoms with E-state index in [2.05, 4.69) is 5.32 Å². The molecule has 1 N–H and O–H groups in total. The van der Waals surface area contributed by atoms with Gasteiger partial charge in [0.05, 0.1) is 22.0 Å². The van der Waals surface area contributed by atoms with E-state index in [0.29, 0.717) is 39.2 Å². The molecule has 0 bridgehead atoms. The number of carbonyl (C=O) groups excluding carboxylic acids is 2. The molecule has 0 radical (unpaired) electrons. The maximum atomic E-state index is 13.9. The highest BCUT2D eigenvalue weighted by molar-refractivity contribution is 7.92. The normalized spacial score (nSPS) is 14.3. The molecule has 1 saturated carbocycles. The van der Waals surface area contributed by atoms with E-state index in [0.717, 1.165) is 36.2 Å². The fraction of sp³-hybridized carbons (Fsp3) is 0.355. The molecule has 4 rings (SSSR count). The van der Waals surface area contributed by atoms with E-state index in [1.165, 1.54) is 4.90 Å². The summed E-state index contributed by atoms with van der Waals surface area (Å²) < 4.78 is 32.7. The molecule has 0 heterocycles. The molecule has 1 aliphatic rings. The Morgan fingerprint density at radius 2 is 1.60 bits per heavy atom. The van der Waals surface area contributed by atoms with Crippen LogP contribution in [0.25, 0.3) is 0 Å². The van der Waals surface area contributed by atoms with Crippen LogP contribution in [0.2, 0.25) is 10.0 Å². The van der Waals surface area contributed by atoms with Gasteiger partial charge < -0.3 is 15.0 Å². The monoisotopic (exact) mass is 631 g/mol. The molecule has 3 aromatic carbocycles. The van der Waals surface area contributed by atoms with Crippen molar-refractivity contribution in [2.45, 2.75) is 57.7 Å². The number of benzene rings is 3. The molecule has 42 heavy (non-hydrogen) atoms. The van der Waals surface area contributed by atoms with Gasteiger partial charge in [-0.05, 0) is 73.4 Å². The molecule has 0 aliphatic heterocycles. The van der Waals surface area contributed by atoms with Crippen molar-refractivity contribution in [3.8, 4) is 11.5 Å². The van der Waals surface area contributed by atoms with Crippen LogP contribution in [0.5, 0.6) is 11.5 Å². The summed E-state index contributed by atoms with van der Waals surface area (Å²) in [6, 6.07) is 19.9. The van der Waals surface area contributed by atoms with E-state index in [4.69, 9.17) is 27.9 Å². The first-order valence-corrected chi connectivity index (χ1v) is 16.5. The van der Waals surface area contributed by atoms with Crippen LogP contribution in [-0.2, 0) is 26.2 Å². The molecule has 2 amide bonds. The first kappa shape index (κ1) is 31.7. The lowest BCUT2D eigenvalue weighted by molar-refractivity contribution is -0.140. The zero-order chi connectivity index (χ0) is 30.3. The van der Waals surface area contributed by atoms with Crippen molar-refractivity contribution in [1.29, 1.82) is 0 Å². The lowest BCUT2D eigenvalue weighted by atomic mass is 10.1. The van der Waals surface area contributed by atoms with Gasteiger partial charge in [-0.3, -0.25) is 13.9 Å². The summed E-state index contributed by atoms with van der Waals surface area (Å²) in [4.78, 5) is 28.8. The van der Waals surface area contributed by atoms with E-state index < -0.39 is 28.5 Å². The quantitative estimate of drug-likeness (QED) is 0.249. The number of hydrogen-bond donors (Lipinski definition) is 1. The molecule has 1 fully saturated rings. The highest BCUT2D eigenvalue weighted by Gasteiger charge is 2.33. The van der Waals surface area contributed by atoms with E-state index >= 15 is 0 Å². The largest absolute Gasteiger partial charge is 0.457 e. The Bertz CT molecular complexity index is 1480. The zero-order valence-electron chi connectivity index (χ0n) is 23.6. The smallest absolute Gasteiger partial charge is 0.244 e. The standard InChI is InChI=1S/C31H35Cl2N3O5S/c1-3-29(31(38)34-23-9-7-8-10-23)35(20-22-13-18-27(32)28(33)19-22)30(37)21-36(42(2,39)40)24-14-16-26(17-15-24)41-25-11-5-4-6-12-25/h4-6,11-19,23,29H,3,7-10,20-21H2,1-2H3,(H,34,38). The van der Waals surface area contributed by atoms with Crippen molar-refractivity contribution in [1.82, 2.24) is 10.2 Å². The Morgan fingerprint density at radius 3 is 2.19 bits per heavy atom. The number of sulfonamides is 1. The molecule has 8 nitrogen and oxygen atoms in total. The Hall–Kier alpha value is -3.27. The van der Waals surface area contributed by atoms with Crippen LogP contribution in [0.15, 0.2) is 72.8 Å². The van der Waals surface area contributed by atoms with Gasteiger partial charge in [0.1, 0.15) is 24.1 Å². The Labute approximate surface area is 257 Å². The van der Waals surface area contributed by atoms with Gasteiger partial charge in [-0.1, -0.05) is 67.2 Å². The Kier molecular flexibility index (Phi) is 10.8. The maximum Gasteiger partial charge on any atom is 0.244 e. The summed E-state index contributed by atoms with van der Waals surface area (Å²) in [5.41, 5.74) is 0.961. The minimum absolute atomic E-state index is 0.0494. The van der Waals surface area contributed by atoms with Crippen molar-refractivity contribution < 1.29 is 22.7 Å². The predicted molar refractivity (Wildman–Crippen MR) is 167 cm³/mol. The van der Waals surface area contributed by atoms with Gasteiger partial charge in [-0.25, -0.2) is 8.42 Å². The molecule has 0 spiro atoms. The summed E-state index contributed by atoms with van der Waals surface area (Å²) in [5.74, 6) is 0.371. The average Bonchev–Trinajstić information content (AvgIpc) is 3.47. The highest BCUT2D eigenvalue weighted by Crippen LogP contribution is 2.27. The number of rotatable bonds is 12. The Balaban J connectivity index is 1.59. The van der Waals surface area contributed by atoms with E-state index in [9.17, 15) is 18.0 Å². The third-order valence-corrected chi connectivity index (χ3v) is 9.09. The molecule has 1 unspecified atom stereocenters. The third kappa shape index (κ3) is 8.40. The van der Waals surface area contributed by atoms with Gasteiger partial charge in [0.25, 0.3) is 0 Å². The summed E-state index contributed by atoms with van der Waals surface area (Å²) in [6.45, 7) is 1.38. The van der Waals surface area contributed by atoms with Crippen molar-refractivity contribution in [2.24, 2.45) is 0 Å². The number of nitrogens with one attached hydrogen (secondary N) is 1. The topological polar surface area (TPSA) is 96.0 Å². The van der Waals surface area contributed by atoms with Crippen molar-refractivity contribution in [3.63, 3.8) is 0 Å². The zero-order valence-corrected chi connectivity index (χ0v) is 26.0. The number of halogens is 2. The fourth-order valence-corrected chi connectivity index (χ4v) is 6.21. The average molecular weight is 633 g/mol. The number of hydrogen-bond acceptors (Lipinski definition) is 5. The van der Waals surface area contributed by atoms with E-state index in [-0.39, 0.29) is 18.5 Å². The molecular formula is C31H35Cl2N3O5S. The van der Waals surface area contributed by atoms with Gasteiger partial charge in [0.15, 0.2) is 0 Å². The van der Waals surface area contributed by atoms with Crippen LogP contribution in [0.4, 0.5) is 5.69 Å². The van der Waals surface area contributed by atoms with Crippen LogP contribution in [0, 0.1) is 0 Å². The van der Waals surface area contributed by atoms with Crippen LogP contribution < -0.4 is 14.4 Å². The van der Waals surface area contributed by atoms with Crippen molar-refractivity contribution in [2.75, 3.05) is 17.1 Å². The van der Waals surface area contributed by atoms with E-state index in [1.807, 2.05) is 37.3 Å². The lowest BCUT2D eigenvalue weighted by Gasteiger charge is -2.33. The third-order valence-electron chi connectivity index (χ3n) is 7.21. The van der Waals surface area contributed by atoms with Gasteiger partial charge >= 0.3 is 0 Å². The molecule has 0 aromatic heterocycles. The second-order valence-corrected chi connectivity index (χ2v) is 13.1. The molecule has 0 saturated heterocycles. The van der Waals surface area contributed by atoms with Gasteiger partial charge in [0, 0.05) is 12.6 Å². The maximum absolute atomic E-state index is 13.9. The summed E-state index contributed by atoms with van der Waals surface area (Å²) >= 11 is 12.3. The molecule has 1 atom stereocenters. The first-order valence-electron chi connectivity index (χ1n) is 13.9. The van der Waals surface area contributed by atoms with Crippen LogP contribution >= 0.6 is 23.2 Å². The molecule has 11 heteroatoms. The van der Waals surface area contributed by atoms with Crippen molar-refractivity contribution in [3.05, 3.63) is 88.4 Å². The van der Waals surface area contributed by atoms with Crippen LogP contribution in [0.3, 0.4) is 0 Å². The summed E-state index contributed by atoms with van der Waals surface area (Å²) in [7, 11) is -3.87. The minimum atomic E-state index is -3.87. The summed E-state index contributed by atoms with van der Waals surface area (Å²) in [6.07, 6.45) is 5.28. The number of ether oxygens (including phenoxy) is 1. The second kappa shape index (κ2) is 14.3. The molecule has 1 aliphatic carbocycles.